The van der Waals surface area contributed by atoms with Crippen molar-refractivity contribution in [3.8, 4) is 0 Å². The standard InChI is InChI=1S/C8H9F2N3O4S/c1-2-17-8(14)13-18(15,16)12-5-3-4-6(9)11-7(5)10/h3-4,12H,2H2,1H3,(H,13,14). The maximum Gasteiger partial charge on any atom is 0.422 e. The highest BCUT2D eigenvalue weighted by atomic mass is 32.2. The Morgan fingerprint density at radius 1 is 1.44 bits per heavy atom. The van der Waals surface area contributed by atoms with E-state index in [1.165, 1.54) is 11.6 Å². The van der Waals surface area contributed by atoms with Crippen LogP contribution in [0, 0.1) is 11.9 Å². The van der Waals surface area contributed by atoms with Gasteiger partial charge in [0.25, 0.3) is 0 Å². The van der Waals surface area contributed by atoms with Crippen LogP contribution in [0.5, 0.6) is 0 Å². The van der Waals surface area contributed by atoms with Gasteiger partial charge in [0.05, 0.1) is 6.61 Å². The van der Waals surface area contributed by atoms with Crippen LogP contribution in [0.1, 0.15) is 6.92 Å². The maximum absolute atomic E-state index is 13.0. The molecule has 1 rings (SSSR count). The summed E-state index contributed by atoms with van der Waals surface area (Å²) in [6.45, 7) is 1.44. The number of nitrogens with zero attached hydrogens (tertiary/aromatic N) is 1. The summed E-state index contributed by atoms with van der Waals surface area (Å²) in [7, 11) is -4.37. The number of aromatic nitrogens is 1. The second-order valence-electron chi connectivity index (χ2n) is 2.90. The molecule has 0 aliphatic carbocycles. The molecular formula is C8H9F2N3O4S. The van der Waals surface area contributed by atoms with Crippen LogP contribution in [0.25, 0.3) is 0 Å². The third kappa shape index (κ3) is 4.13. The second-order valence-corrected chi connectivity index (χ2v) is 4.32. The van der Waals surface area contributed by atoms with E-state index in [1.54, 1.807) is 4.72 Å². The average Bonchev–Trinajstić information content (AvgIpc) is 2.21. The third-order valence-electron chi connectivity index (χ3n) is 1.55. The van der Waals surface area contributed by atoms with Gasteiger partial charge in [0.2, 0.25) is 11.9 Å². The van der Waals surface area contributed by atoms with Crippen molar-refractivity contribution >= 4 is 22.0 Å². The zero-order chi connectivity index (χ0) is 13.8. The molecule has 0 saturated carbocycles. The minimum absolute atomic E-state index is 0.0339. The number of ether oxygens (including phenoxy) is 1. The number of nitrogens with one attached hydrogen (secondary N) is 2. The molecule has 0 aliphatic rings. The van der Waals surface area contributed by atoms with Crippen LogP contribution in [0.4, 0.5) is 19.3 Å². The molecule has 7 nitrogen and oxygen atoms in total. The Hall–Kier alpha value is -1.97. The van der Waals surface area contributed by atoms with Crippen LogP contribution in [0.2, 0.25) is 0 Å². The number of rotatable bonds is 4. The lowest BCUT2D eigenvalue weighted by molar-refractivity contribution is 0.159. The van der Waals surface area contributed by atoms with Crippen molar-refractivity contribution < 1.29 is 26.7 Å². The zero-order valence-corrected chi connectivity index (χ0v) is 9.92. The van der Waals surface area contributed by atoms with Gasteiger partial charge in [-0.25, -0.2) is 9.52 Å². The molecule has 0 aliphatic heterocycles. The predicted octanol–water partition coefficient (Wildman–Crippen LogP) is 0.763. The first-order chi connectivity index (χ1) is 8.34. The summed E-state index contributed by atoms with van der Waals surface area (Å²) in [6.07, 6.45) is -1.22. The lowest BCUT2D eigenvalue weighted by Crippen LogP contribution is -2.36. The fourth-order valence-electron chi connectivity index (χ4n) is 0.929. The number of halogens is 2. The largest absolute Gasteiger partial charge is 0.449 e. The fourth-order valence-corrected chi connectivity index (χ4v) is 1.70. The second kappa shape index (κ2) is 5.58. The van der Waals surface area contributed by atoms with E-state index in [1.807, 2.05) is 0 Å². The molecular weight excluding hydrogens is 272 g/mol. The first-order valence-electron chi connectivity index (χ1n) is 4.63. The van der Waals surface area contributed by atoms with Gasteiger partial charge in [0.1, 0.15) is 5.69 Å². The van der Waals surface area contributed by atoms with Crippen molar-refractivity contribution in [1.29, 1.82) is 0 Å². The number of hydrogen-bond acceptors (Lipinski definition) is 5. The fraction of sp³-hybridized carbons (Fsp3) is 0.250. The molecule has 0 unspecified atom stereocenters. The molecule has 1 amide bonds. The van der Waals surface area contributed by atoms with Gasteiger partial charge in [0, 0.05) is 0 Å². The molecule has 1 heterocycles. The van der Waals surface area contributed by atoms with E-state index < -0.39 is 33.9 Å². The number of carbonyl (C=O) groups excluding carboxylic acids is 1. The van der Waals surface area contributed by atoms with Crippen LogP contribution >= 0.6 is 0 Å². The Labute approximate surface area is 101 Å². The van der Waals surface area contributed by atoms with Gasteiger partial charge in [-0.05, 0) is 19.1 Å². The monoisotopic (exact) mass is 281 g/mol. The van der Waals surface area contributed by atoms with Crippen molar-refractivity contribution in [2.75, 3.05) is 11.3 Å². The number of amides is 1. The number of carbonyl (C=O) groups is 1. The van der Waals surface area contributed by atoms with Gasteiger partial charge in [0.15, 0.2) is 0 Å². The van der Waals surface area contributed by atoms with E-state index in [-0.39, 0.29) is 6.61 Å². The molecule has 1 aromatic rings. The van der Waals surface area contributed by atoms with Gasteiger partial charge >= 0.3 is 16.3 Å². The molecule has 10 heteroatoms. The molecule has 0 spiro atoms. The van der Waals surface area contributed by atoms with E-state index >= 15 is 0 Å². The lowest BCUT2D eigenvalue weighted by Gasteiger charge is -2.09. The molecule has 0 aromatic carbocycles. The zero-order valence-electron chi connectivity index (χ0n) is 9.11. The van der Waals surface area contributed by atoms with Gasteiger partial charge in [-0.1, -0.05) is 0 Å². The Kier molecular flexibility index (Phi) is 4.37. The Morgan fingerprint density at radius 3 is 2.67 bits per heavy atom. The number of hydrogen-bond donors (Lipinski definition) is 2. The summed E-state index contributed by atoms with van der Waals surface area (Å²) in [5.41, 5.74) is -0.604. The van der Waals surface area contributed by atoms with E-state index in [2.05, 4.69) is 9.72 Å². The minimum atomic E-state index is -4.37. The maximum atomic E-state index is 13.0. The van der Waals surface area contributed by atoms with E-state index in [9.17, 15) is 22.0 Å². The van der Waals surface area contributed by atoms with Crippen LogP contribution in [0.3, 0.4) is 0 Å². The van der Waals surface area contributed by atoms with Gasteiger partial charge in [-0.2, -0.15) is 22.2 Å². The predicted molar refractivity (Wildman–Crippen MR) is 56.9 cm³/mol. The quantitative estimate of drug-likeness (QED) is 0.794. The van der Waals surface area contributed by atoms with Crippen LogP contribution in [-0.2, 0) is 14.9 Å². The van der Waals surface area contributed by atoms with E-state index in [0.29, 0.717) is 0 Å². The Morgan fingerprint density at radius 2 is 2.11 bits per heavy atom. The highest BCUT2D eigenvalue weighted by Gasteiger charge is 2.17. The normalized spacial score (nSPS) is 10.8. The van der Waals surface area contributed by atoms with Crippen molar-refractivity contribution in [3.63, 3.8) is 0 Å². The minimum Gasteiger partial charge on any atom is -0.449 e. The highest BCUT2D eigenvalue weighted by Crippen LogP contribution is 2.12. The summed E-state index contributed by atoms with van der Waals surface area (Å²) >= 11 is 0. The molecule has 0 fully saturated rings. The van der Waals surface area contributed by atoms with E-state index in [0.717, 1.165) is 12.1 Å². The lowest BCUT2D eigenvalue weighted by atomic mass is 10.4. The van der Waals surface area contributed by atoms with Crippen LogP contribution < -0.4 is 9.44 Å². The molecule has 0 bridgehead atoms. The van der Waals surface area contributed by atoms with E-state index in [4.69, 9.17) is 0 Å². The number of anilines is 1. The molecule has 18 heavy (non-hydrogen) atoms. The summed E-state index contributed by atoms with van der Waals surface area (Å²) in [4.78, 5) is 13.6. The van der Waals surface area contributed by atoms with Crippen LogP contribution in [0.15, 0.2) is 12.1 Å². The Bertz CT molecular complexity index is 549. The summed E-state index contributed by atoms with van der Waals surface area (Å²) in [5.74, 6) is -2.46. The van der Waals surface area contributed by atoms with Crippen molar-refractivity contribution in [3.05, 3.63) is 24.0 Å². The third-order valence-corrected chi connectivity index (χ3v) is 2.48. The number of pyridine rings is 1. The summed E-state index contributed by atoms with van der Waals surface area (Å²) in [5, 5.41) is 0. The first-order valence-corrected chi connectivity index (χ1v) is 6.11. The smallest absolute Gasteiger partial charge is 0.422 e. The molecule has 0 saturated heterocycles. The molecule has 100 valence electrons. The highest BCUT2D eigenvalue weighted by molar-refractivity contribution is 7.91. The van der Waals surface area contributed by atoms with Gasteiger partial charge in [-0.15, -0.1) is 0 Å². The summed E-state index contributed by atoms with van der Waals surface area (Å²) in [6, 6.07) is 1.58. The molecule has 0 radical (unpaired) electrons. The van der Waals surface area contributed by atoms with Gasteiger partial charge < -0.3 is 4.74 Å². The van der Waals surface area contributed by atoms with Crippen LogP contribution in [-0.4, -0.2) is 26.1 Å². The molecule has 2 N–H and O–H groups in total. The SMILES string of the molecule is CCOC(=O)NS(=O)(=O)Nc1ccc(F)nc1F. The Balaban J connectivity index is 2.79. The van der Waals surface area contributed by atoms with Crippen molar-refractivity contribution in [2.24, 2.45) is 0 Å². The first kappa shape index (κ1) is 14.1. The summed E-state index contributed by atoms with van der Waals surface area (Å²) < 4.78 is 55.6. The van der Waals surface area contributed by atoms with Crippen molar-refractivity contribution in [2.45, 2.75) is 6.92 Å². The molecule has 0 atom stereocenters. The van der Waals surface area contributed by atoms with Gasteiger partial charge in [-0.3, -0.25) is 4.72 Å². The average molecular weight is 281 g/mol. The topological polar surface area (TPSA) is 97.4 Å². The van der Waals surface area contributed by atoms with Crippen molar-refractivity contribution in [1.82, 2.24) is 9.71 Å². The molecule has 1 aromatic heterocycles.